The van der Waals surface area contributed by atoms with Gasteiger partial charge in [-0.3, -0.25) is 0 Å². The van der Waals surface area contributed by atoms with Gasteiger partial charge in [-0.05, 0) is 23.6 Å². The third kappa shape index (κ3) is 2.14. The van der Waals surface area contributed by atoms with Gasteiger partial charge in [-0.2, -0.15) is 0 Å². The van der Waals surface area contributed by atoms with Crippen LogP contribution in [0.3, 0.4) is 0 Å². The minimum Gasteiger partial charge on any atom is -0.399 e. The quantitative estimate of drug-likeness (QED) is 0.705. The molecule has 2 heteroatoms. The molecular formula is C11H18N2. The smallest absolute Gasteiger partial charge is 0.0416 e. The van der Waals surface area contributed by atoms with Crippen LogP contribution in [0.5, 0.6) is 0 Å². The van der Waals surface area contributed by atoms with Crippen molar-refractivity contribution in [3.8, 4) is 0 Å². The Morgan fingerprint density at radius 1 is 1.23 bits per heavy atom. The summed E-state index contributed by atoms with van der Waals surface area (Å²) in [6.07, 6.45) is 0. The lowest BCUT2D eigenvalue weighted by atomic mass is 10.0. The second kappa shape index (κ2) is 3.69. The summed E-state index contributed by atoms with van der Waals surface area (Å²) in [6, 6.07) is 6.09. The third-order valence-electron chi connectivity index (χ3n) is 2.16. The fraction of sp³-hybridized carbons (Fsp3) is 0.455. The Morgan fingerprint density at radius 3 is 2.31 bits per heavy atom. The van der Waals surface area contributed by atoms with Crippen LogP contribution >= 0.6 is 0 Å². The van der Waals surface area contributed by atoms with Crippen molar-refractivity contribution in [1.29, 1.82) is 0 Å². The summed E-state index contributed by atoms with van der Waals surface area (Å²) >= 11 is 0. The van der Waals surface area contributed by atoms with Crippen molar-refractivity contribution in [1.82, 2.24) is 0 Å². The summed E-state index contributed by atoms with van der Waals surface area (Å²) in [4.78, 5) is 2.10. The zero-order chi connectivity index (χ0) is 10.0. The minimum atomic E-state index is 0.540. The molecule has 0 unspecified atom stereocenters. The maximum absolute atomic E-state index is 5.74. The second-order valence-corrected chi connectivity index (χ2v) is 3.87. The first-order valence-electron chi connectivity index (χ1n) is 4.59. The minimum absolute atomic E-state index is 0.540. The van der Waals surface area contributed by atoms with Gasteiger partial charge in [0.15, 0.2) is 0 Å². The zero-order valence-corrected chi connectivity index (χ0v) is 8.83. The van der Waals surface area contributed by atoms with Crippen molar-refractivity contribution in [2.24, 2.45) is 0 Å². The first-order chi connectivity index (χ1) is 6.02. The van der Waals surface area contributed by atoms with Crippen LogP contribution < -0.4 is 10.6 Å². The highest BCUT2D eigenvalue weighted by Crippen LogP contribution is 2.27. The molecule has 0 atom stereocenters. The van der Waals surface area contributed by atoms with E-state index in [1.807, 2.05) is 26.2 Å². The maximum Gasteiger partial charge on any atom is 0.0416 e. The summed E-state index contributed by atoms with van der Waals surface area (Å²) in [5, 5.41) is 0. The van der Waals surface area contributed by atoms with Crippen LogP contribution in [0.1, 0.15) is 25.3 Å². The van der Waals surface area contributed by atoms with Crippen molar-refractivity contribution in [2.45, 2.75) is 19.8 Å². The summed E-state index contributed by atoms with van der Waals surface area (Å²) in [5.41, 5.74) is 9.13. The van der Waals surface area contributed by atoms with Crippen molar-refractivity contribution < 1.29 is 0 Å². The Hall–Kier alpha value is -1.18. The normalized spacial score (nSPS) is 10.5. The Morgan fingerprint density at radius 2 is 1.85 bits per heavy atom. The van der Waals surface area contributed by atoms with Crippen molar-refractivity contribution in [3.63, 3.8) is 0 Å². The molecule has 0 heterocycles. The summed E-state index contributed by atoms with van der Waals surface area (Å²) < 4.78 is 0. The molecule has 2 N–H and O–H groups in total. The molecule has 1 aromatic carbocycles. The molecule has 0 radical (unpaired) electrons. The molecule has 72 valence electrons. The number of rotatable bonds is 2. The number of nitrogen functional groups attached to an aromatic ring is 1. The lowest BCUT2D eigenvalue weighted by Crippen LogP contribution is -2.12. The fourth-order valence-electron chi connectivity index (χ4n) is 1.44. The number of benzene rings is 1. The number of anilines is 2. The largest absolute Gasteiger partial charge is 0.399 e. The molecule has 2 nitrogen and oxygen atoms in total. The Labute approximate surface area is 80.4 Å². The van der Waals surface area contributed by atoms with Crippen LogP contribution in [0.2, 0.25) is 0 Å². The molecule has 0 aliphatic carbocycles. The van der Waals surface area contributed by atoms with Crippen molar-refractivity contribution in [2.75, 3.05) is 24.7 Å². The monoisotopic (exact) mass is 178 g/mol. The summed E-state index contributed by atoms with van der Waals surface area (Å²) in [6.45, 7) is 4.39. The first-order valence-corrected chi connectivity index (χ1v) is 4.59. The highest BCUT2D eigenvalue weighted by molar-refractivity contribution is 5.61. The summed E-state index contributed by atoms with van der Waals surface area (Å²) in [5.74, 6) is 0.540. The SMILES string of the molecule is CC(C)c1ccc(N)cc1N(C)C. The average molecular weight is 178 g/mol. The Balaban J connectivity index is 3.19. The number of hydrogen-bond donors (Lipinski definition) is 1. The molecule has 1 rings (SSSR count). The van der Waals surface area contributed by atoms with E-state index in [9.17, 15) is 0 Å². The van der Waals surface area contributed by atoms with Gasteiger partial charge in [0, 0.05) is 25.5 Å². The van der Waals surface area contributed by atoms with Gasteiger partial charge >= 0.3 is 0 Å². The summed E-state index contributed by atoms with van der Waals surface area (Å²) in [7, 11) is 4.08. The van der Waals surface area contributed by atoms with Crippen LogP contribution in [0, 0.1) is 0 Å². The van der Waals surface area contributed by atoms with E-state index < -0.39 is 0 Å². The fourth-order valence-corrected chi connectivity index (χ4v) is 1.44. The molecule has 0 fully saturated rings. The van der Waals surface area contributed by atoms with Crippen LogP contribution in [-0.2, 0) is 0 Å². The first kappa shape index (κ1) is 9.90. The van der Waals surface area contributed by atoms with Gasteiger partial charge in [-0.25, -0.2) is 0 Å². The van der Waals surface area contributed by atoms with Gasteiger partial charge in [0.2, 0.25) is 0 Å². The van der Waals surface area contributed by atoms with E-state index in [1.54, 1.807) is 0 Å². The van der Waals surface area contributed by atoms with Gasteiger partial charge < -0.3 is 10.6 Å². The van der Waals surface area contributed by atoms with Gasteiger partial charge in [-0.15, -0.1) is 0 Å². The lowest BCUT2D eigenvalue weighted by molar-refractivity contribution is 0.859. The van der Waals surface area contributed by atoms with Gasteiger partial charge in [0.25, 0.3) is 0 Å². The molecule has 0 spiro atoms. The highest BCUT2D eigenvalue weighted by Gasteiger charge is 2.07. The van der Waals surface area contributed by atoms with Crippen LogP contribution in [0.4, 0.5) is 11.4 Å². The van der Waals surface area contributed by atoms with E-state index in [0.717, 1.165) is 5.69 Å². The van der Waals surface area contributed by atoms with E-state index in [-0.39, 0.29) is 0 Å². The van der Waals surface area contributed by atoms with Crippen molar-refractivity contribution in [3.05, 3.63) is 23.8 Å². The zero-order valence-electron chi connectivity index (χ0n) is 8.83. The highest BCUT2D eigenvalue weighted by atomic mass is 15.1. The van der Waals surface area contributed by atoms with E-state index >= 15 is 0 Å². The number of hydrogen-bond acceptors (Lipinski definition) is 2. The van der Waals surface area contributed by atoms with E-state index in [1.165, 1.54) is 11.3 Å². The maximum atomic E-state index is 5.74. The van der Waals surface area contributed by atoms with Crippen LogP contribution in [0.15, 0.2) is 18.2 Å². The van der Waals surface area contributed by atoms with Gasteiger partial charge in [0.1, 0.15) is 0 Å². The molecule has 0 aromatic heterocycles. The van der Waals surface area contributed by atoms with E-state index in [4.69, 9.17) is 5.73 Å². The number of nitrogens with two attached hydrogens (primary N) is 1. The van der Waals surface area contributed by atoms with Crippen LogP contribution in [-0.4, -0.2) is 14.1 Å². The van der Waals surface area contributed by atoms with Gasteiger partial charge in [-0.1, -0.05) is 19.9 Å². The standard InChI is InChI=1S/C11H18N2/c1-8(2)10-6-5-9(12)7-11(10)13(3)4/h5-8H,12H2,1-4H3. The molecule has 0 aliphatic heterocycles. The predicted molar refractivity (Wildman–Crippen MR) is 59.3 cm³/mol. The molecule has 1 aromatic rings. The second-order valence-electron chi connectivity index (χ2n) is 3.87. The van der Waals surface area contributed by atoms with E-state index in [0.29, 0.717) is 5.92 Å². The molecule has 0 amide bonds. The molecule has 0 saturated carbocycles. The average Bonchev–Trinajstić information content (AvgIpc) is 2.03. The predicted octanol–water partition coefficient (Wildman–Crippen LogP) is 2.46. The third-order valence-corrected chi connectivity index (χ3v) is 2.16. The topological polar surface area (TPSA) is 29.3 Å². The van der Waals surface area contributed by atoms with Gasteiger partial charge in [0.05, 0.1) is 0 Å². The Kier molecular flexibility index (Phi) is 2.81. The molecule has 13 heavy (non-hydrogen) atoms. The Bertz CT molecular complexity index is 290. The van der Waals surface area contributed by atoms with E-state index in [2.05, 4.69) is 24.8 Å². The lowest BCUT2D eigenvalue weighted by Gasteiger charge is -2.20. The molecular weight excluding hydrogens is 160 g/mol. The van der Waals surface area contributed by atoms with Crippen molar-refractivity contribution >= 4 is 11.4 Å². The van der Waals surface area contributed by atoms with Crippen LogP contribution in [0.25, 0.3) is 0 Å². The molecule has 0 aliphatic rings. The number of nitrogens with zero attached hydrogens (tertiary/aromatic N) is 1. The molecule has 0 saturated heterocycles. The molecule has 0 bridgehead atoms.